The lowest BCUT2D eigenvalue weighted by Crippen LogP contribution is -2.26. The van der Waals surface area contributed by atoms with E-state index in [1.807, 2.05) is 24.3 Å². The Bertz CT molecular complexity index is 469. The Labute approximate surface area is 139 Å². The van der Waals surface area contributed by atoms with Gasteiger partial charge in [0.1, 0.15) is 5.75 Å². The van der Waals surface area contributed by atoms with Gasteiger partial charge in [-0.3, -0.25) is 4.79 Å². The molecule has 1 aromatic carbocycles. The average molecular weight is 319 g/mol. The van der Waals surface area contributed by atoms with Crippen LogP contribution < -0.4 is 10.1 Å². The third-order valence-corrected chi connectivity index (χ3v) is 4.32. The molecule has 0 atom stereocenters. The molecule has 0 aromatic heterocycles. The van der Waals surface area contributed by atoms with E-state index in [9.17, 15) is 4.79 Å². The molecule has 0 aliphatic heterocycles. The summed E-state index contributed by atoms with van der Waals surface area (Å²) in [6, 6.07) is 7.86. The molecule has 0 unspecified atom stereocenters. The van der Waals surface area contributed by atoms with Crippen LogP contribution in [-0.4, -0.2) is 32.3 Å². The summed E-state index contributed by atoms with van der Waals surface area (Å²) in [7, 11) is 1.65. The van der Waals surface area contributed by atoms with Crippen molar-refractivity contribution in [2.24, 2.45) is 0 Å². The van der Waals surface area contributed by atoms with Gasteiger partial charge in [0.05, 0.1) is 13.2 Å². The van der Waals surface area contributed by atoms with Gasteiger partial charge in [0.15, 0.2) is 0 Å². The Kier molecular flexibility index (Phi) is 7.95. The summed E-state index contributed by atoms with van der Waals surface area (Å²) in [5, 5.41) is 2.97. The van der Waals surface area contributed by atoms with Crippen molar-refractivity contribution >= 4 is 5.91 Å². The molecule has 2 rings (SSSR count). The van der Waals surface area contributed by atoms with E-state index in [4.69, 9.17) is 9.47 Å². The molecule has 1 fully saturated rings. The van der Waals surface area contributed by atoms with Crippen LogP contribution in [0.5, 0.6) is 5.75 Å². The summed E-state index contributed by atoms with van der Waals surface area (Å²) in [6.07, 6.45) is 8.94. The van der Waals surface area contributed by atoms with Crippen LogP contribution in [0.15, 0.2) is 24.3 Å². The quantitative estimate of drug-likeness (QED) is 0.709. The minimum atomic E-state index is 0.102. The molecule has 1 N–H and O–H groups in total. The van der Waals surface area contributed by atoms with Crippen LogP contribution in [-0.2, 0) is 16.0 Å². The molecule has 1 aromatic rings. The number of aryl methyl sites for hydroxylation is 1. The number of amides is 1. The molecule has 0 heterocycles. The Balaban J connectivity index is 1.52. The zero-order chi connectivity index (χ0) is 16.3. The second kappa shape index (κ2) is 10.3. The summed E-state index contributed by atoms with van der Waals surface area (Å²) in [5.74, 6) is 0.938. The van der Waals surface area contributed by atoms with Gasteiger partial charge < -0.3 is 14.8 Å². The van der Waals surface area contributed by atoms with Gasteiger partial charge in [-0.15, -0.1) is 0 Å². The van der Waals surface area contributed by atoms with Crippen LogP contribution in [0, 0.1) is 0 Å². The third kappa shape index (κ3) is 7.04. The largest absolute Gasteiger partial charge is 0.497 e. The topological polar surface area (TPSA) is 47.6 Å². The number of rotatable bonds is 9. The first-order chi connectivity index (χ1) is 11.3. The van der Waals surface area contributed by atoms with Crippen LogP contribution >= 0.6 is 0 Å². The van der Waals surface area contributed by atoms with Crippen molar-refractivity contribution in [3.05, 3.63) is 29.8 Å². The zero-order valence-corrected chi connectivity index (χ0v) is 14.2. The van der Waals surface area contributed by atoms with Gasteiger partial charge in [0, 0.05) is 19.6 Å². The van der Waals surface area contributed by atoms with E-state index in [0.717, 1.165) is 30.8 Å². The van der Waals surface area contributed by atoms with Gasteiger partial charge >= 0.3 is 0 Å². The van der Waals surface area contributed by atoms with Gasteiger partial charge in [-0.05, 0) is 43.4 Å². The molecule has 1 saturated carbocycles. The van der Waals surface area contributed by atoms with E-state index >= 15 is 0 Å². The monoisotopic (exact) mass is 319 g/mol. The highest BCUT2D eigenvalue weighted by molar-refractivity contribution is 5.76. The minimum Gasteiger partial charge on any atom is -0.497 e. The van der Waals surface area contributed by atoms with E-state index in [-0.39, 0.29) is 5.91 Å². The van der Waals surface area contributed by atoms with E-state index in [0.29, 0.717) is 19.1 Å². The Morgan fingerprint density at radius 2 is 2.09 bits per heavy atom. The van der Waals surface area contributed by atoms with Gasteiger partial charge in [-0.2, -0.15) is 0 Å². The lowest BCUT2D eigenvalue weighted by Gasteiger charge is -2.21. The average Bonchev–Trinajstić information content (AvgIpc) is 2.61. The number of ether oxygens (including phenoxy) is 2. The van der Waals surface area contributed by atoms with Crippen LogP contribution in [0.2, 0.25) is 0 Å². The minimum absolute atomic E-state index is 0.102. The number of carbonyl (C=O) groups excluding carboxylic acids is 1. The Hall–Kier alpha value is -1.55. The van der Waals surface area contributed by atoms with Crippen molar-refractivity contribution in [3.63, 3.8) is 0 Å². The van der Waals surface area contributed by atoms with Crippen molar-refractivity contribution in [2.45, 2.75) is 57.5 Å². The van der Waals surface area contributed by atoms with E-state index in [1.54, 1.807) is 7.11 Å². The van der Waals surface area contributed by atoms with E-state index in [1.165, 1.54) is 32.1 Å². The molecule has 128 valence electrons. The lowest BCUT2D eigenvalue weighted by molar-refractivity contribution is -0.121. The van der Waals surface area contributed by atoms with Crippen LogP contribution in [0.25, 0.3) is 0 Å². The van der Waals surface area contributed by atoms with Crippen molar-refractivity contribution in [3.8, 4) is 5.75 Å². The van der Waals surface area contributed by atoms with Gasteiger partial charge in [0.2, 0.25) is 5.91 Å². The highest BCUT2D eigenvalue weighted by Crippen LogP contribution is 2.20. The zero-order valence-electron chi connectivity index (χ0n) is 14.2. The number of methoxy groups -OCH3 is 1. The second-order valence-electron chi connectivity index (χ2n) is 6.19. The molecular weight excluding hydrogens is 290 g/mol. The molecule has 4 nitrogen and oxygen atoms in total. The fraction of sp³-hybridized carbons (Fsp3) is 0.632. The first kappa shape index (κ1) is 17.8. The Morgan fingerprint density at radius 1 is 1.26 bits per heavy atom. The second-order valence-corrected chi connectivity index (χ2v) is 6.19. The number of hydrogen-bond donors (Lipinski definition) is 1. The van der Waals surface area contributed by atoms with Crippen LogP contribution in [0.4, 0.5) is 0 Å². The molecule has 0 spiro atoms. The first-order valence-corrected chi connectivity index (χ1v) is 8.79. The molecule has 4 heteroatoms. The summed E-state index contributed by atoms with van der Waals surface area (Å²) < 4.78 is 11.0. The molecular formula is C19H29NO3. The predicted octanol–water partition coefficient (Wildman–Crippen LogP) is 3.48. The smallest absolute Gasteiger partial charge is 0.220 e. The first-order valence-electron chi connectivity index (χ1n) is 8.79. The number of hydrogen-bond acceptors (Lipinski definition) is 3. The van der Waals surface area contributed by atoms with Gasteiger partial charge in [-0.1, -0.05) is 31.4 Å². The maximum atomic E-state index is 11.9. The summed E-state index contributed by atoms with van der Waals surface area (Å²) in [5.41, 5.74) is 1.13. The molecule has 0 bridgehead atoms. The van der Waals surface area contributed by atoms with Gasteiger partial charge in [-0.25, -0.2) is 0 Å². The Morgan fingerprint density at radius 3 is 2.87 bits per heavy atom. The highest BCUT2D eigenvalue weighted by Gasteiger charge is 2.13. The molecule has 1 amide bonds. The van der Waals surface area contributed by atoms with Gasteiger partial charge in [0.25, 0.3) is 0 Å². The summed E-state index contributed by atoms with van der Waals surface area (Å²) >= 11 is 0. The SMILES string of the molecule is COc1cccc(CCC(=O)NCCCOC2CCCCC2)c1. The fourth-order valence-electron chi connectivity index (χ4n) is 2.96. The maximum absolute atomic E-state index is 11.9. The van der Waals surface area contributed by atoms with E-state index in [2.05, 4.69) is 5.32 Å². The van der Waals surface area contributed by atoms with Crippen LogP contribution in [0.3, 0.4) is 0 Å². The van der Waals surface area contributed by atoms with Crippen molar-refractivity contribution < 1.29 is 14.3 Å². The predicted molar refractivity (Wildman–Crippen MR) is 91.8 cm³/mol. The fourth-order valence-corrected chi connectivity index (χ4v) is 2.96. The van der Waals surface area contributed by atoms with Crippen LogP contribution in [0.1, 0.15) is 50.5 Å². The summed E-state index contributed by atoms with van der Waals surface area (Å²) in [6.45, 7) is 1.45. The molecule has 1 aliphatic carbocycles. The molecule has 1 aliphatic rings. The number of benzene rings is 1. The maximum Gasteiger partial charge on any atom is 0.220 e. The number of carbonyl (C=O) groups is 1. The van der Waals surface area contributed by atoms with E-state index < -0.39 is 0 Å². The van der Waals surface area contributed by atoms with Crippen molar-refractivity contribution in [2.75, 3.05) is 20.3 Å². The molecule has 23 heavy (non-hydrogen) atoms. The third-order valence-electron chi connectivity index (χ3n) is 4.32. The number of nitrogens with one attached hydrogen (secondary N) is 1. The summed E-state index contributed by atoms with van der Waals surface area (Å²) in [4.78, 5) is 11.9. The normalized spacial score (nSPS) is 15.3. The highest BCUT2D eigenvalue weighted by atomic mass is 16.5. The van der Waals surface area contributed by atoms with Crippen molar-refractivity contribution in [1.29, 1.82) is 0 Å². The lowest BCUT2D eigenvalue weighted by atomic mass is 9.98. The molecule has 0 radical (unpaired) electrons. The molecule has 0 saturated heterocycles. The standard InChI is InChI=1S/C19H29NO3/c1-22-18-10-5-7-16(15-18)11-12-19(21)20-13-6-14-23-17-8-3-2-4-9-17/h5,7,10,15,17H,2-4,6,8-9,11-14H2,1H3,(H,20,21). The van der Waals surface area contributed by atoms with Crippen molar-refractivity contribution in [1.82, 2.24) is 5.32 Å².